The molecule has 0 unspecified atom stereocenters. The topological polar surface area (TPSA) is 85.4 Å². The van der Waals surface area contributed by atoms with Crippen LogP contribution in [-0.2, 0) is 4.79 Å². The lowest BCUT2D eigenvalue weighted by molar-refractivity contribution is -0.122. The summed E-state index contributed by atoms with van der Waals surface area (Å²) in [7, 11) is 1.49. The molecule has 0 radical (unpaired) electrons. The molecule has 0 atom stereocenters. The summed E-state index contributed by atoms with van der Waals surface area (Å²) >= 11 is 5.91. The van der Waals surface area contributed by atoms with Crippen LogP contribution in [0.25, 0.3) is 0 Å². The van der Waals surface area contributed by atoms with Gasteiger partial charge < -0.3 is 9.47 Å². The van der Waals surface area contributed by atoms with Crippen molar-refractivity contribution in [1.82, 2.24) is 15.4 Å². The molecule has 0 bridgehead atoms. The number of amides is 1. The molecule has 0 aliphatic rings. The minimum atomic E-state index is -0.402. The van der Waals surface area contributed by atoms with Gasteiger partial charge in [-0.25, -0.2) is 4.98 Å². The Kier molecular flexibility index (Phi) is 5.16. The fourth-order valence-electron chi connectivity index (χ4n) is 1.38. The van der Waals surface area contributed by atoms with Gasteiger partial charge in [-0.1, -0.05) is 23.7 Å². The van der Waals surface area contributed by atoms with Gasteiger partial charge in [-0.3, -0.25) is 15.6 Å². The number of ether oxygens (including phenoxy) is 2. The Hall–Kier alpha value is -2.54. The van der Waals surface area contributed by atoms with E-state index in [1.54, 1.807) is 30.3 Å². The second-order valence-electron chi connectivity index (χ2n) is 3.81. The molecule has 0 fully saturated rings. The van der Waals surface area contributed by atoms with Crippen LogP contribution in [0.1, 0.15) is 0 Å². The van der Waals surface area contributed by atoms with Crippen LogP contribution >= 0.6 is 11.6 Å². The molecule has 7 nitrogen and oxygen atoms in total. The molecular formula is C13H13ClN4O3. The minimum Gasteiger partial charge on any atom is -0.482 e. The van der Waals surface area contributed by atoms with Gasteiger partial charge in [0, 0.05) is 12.3 Å². The number of hydrogen-bond acceptors (Lipinski definition) is 6. The molecule has 2 rings (SSSR count). The zero-order valence-corrected chi connectivity index (χ0v) is 11.9. The Morgan fingerprint density at radius 3 is 2.90 bits per heavy atom. The van der Waals surface area contributed by atoms with Crippen LogP contribution in [0, 0.1) is 0 Å². The van der Waals surface area contributed by atoms with Crippen molar-refractivity contribution in [3.63, 3.8) is 0 Å². The van der Waals surface area contributed by atoms with E-state index in [1.807, 2.05) is 0 Å². The van der Waals surface area contributed by atoms with E-state index in [0.29, 0.717) is 16.7 Å². The Labute approximate surface area is 126 Å². The number of benzene rings is 1. The molecule has 21 heavy (non-hydrogen) atoms. The Morgan fingerprint density at radius 2 is 2.14 bits per heavy atom. The lowest BCUT2D eigenvalue weighted by Gasteiger charge is -2.09. The summed E-state index contributed by atoms with van der Waals surface area (Å²) in [5.74, 6) is 0.628. The zero-order valence-electron chi connectivity index (χ0n) is 11.2. The molecule has 8 heteroatoms. The number of nitrogens with one attached hydrogen (secondary N) is 2. The highest BCUT2D eigenvalue weighted by Gasteiger charge is 2.06. The van der Waals surface area contributed by atoms with Crippen LogP contribution in [-0.4, -0.2) is 29.6 Å². The number of para-hydroxylation sites is 1. The number of carbonyl (C=O) groups excluding carboxylic acids is 1. The van der Waals surface area contributed by atoms with Gasteiger partial charge in [0.25, 0.3) is 5.91 Å². The van der Waals surface area contributed by atoms with Crippen molar-refractivity contribution in [2.75, 3.05) is 19.1 Å². The standard InChI is InChI=1S/C13H13ClN4O3/c1-20-12-6-7-15-13(16-12)18-17-11(19)8-21-10-5-3-2-4-9(10)14/h2-7H,8H2,1H3,(H,17,19)(H,15,16,18). The van der Waals surface area contributed by atoms with Gasteiger partial charge in [-0.2, -0.15) is 4.98 Å². The van der Waals surface area contributed by atoms with E-state index >= 15 is 0 Å². The van der Waals surface area contributed by atoms with Crippen molar-refractivity contribution in [3.8, 4) is 11.6 Å². The van der Waals surface area contributed by atoms with Crippen LogP contribution in [0.2, 0.25) is 5.02 Å². The number of carbonyl (C=O) groups is 1. The smallest absolute Gasteiger partial charge is 0.276 e. The van der Waals surface area contributed by atoms with E-state index in [1.165, 1.54) is 13.3 Å². The summed E-state index contributed by atoms with van der Waals surface area (Å²) in [4.78, 5) is 19.5. The first-order valence-electron chi connectivity index (χ1n) is 5.98. The summed E-state index contributed by atoms with van der Waals surface area (Å²) in [5, 5.41) is 0.439. The largest absolute Gasteiger partial charge is 0.482 e. The quantitative estimate of drug-likeness (QED) is 0.789. The molecule has 0 spiro atoms. The van der Waals surface area contributed by atoms with Gasteiger partial charge in [0.05, 0.1) is 12.1 Å². The second kappa shape index (κ2) is 7.30. The summed E-state index contributed by atoms with van der Waals surface area (Å²) in [6, 6.07) is 8.48. The summed E-state index contributed by atoms with van der Waals surface area (Å²) in [5.41, 5.74) is 4.96. The van der Waals surface area contributed by atoms with Crippen LogP contribution in [0.4, 0.5) is 5.95 Å². The normalized spacial score (nSPS) is 9.81. The first-order chi connectivity index (χ1) is 10.2. The van der Waals surface area contributed by atoms with Gasteiger partial charge in [-0.15, -0.1) is 0 Å². The summed E-state index contributed by atoms with van der Waals surface area (Å²) in [6.45, 7) is -0.194. The van der Waals surface area contributed by atoms with Crippen molar-refractivity contribution < 1.29 is 14.3 Å². The molecule has 0 aliphatic heterocycles. The van der Waals surface area contributed by atoms with Gasteiger partial charge in [0.15, 0.2) is 6.61 Å². The predicted molar refractivity (Wildman–Crippen MR) is 77.3 cm³/mol. The van der Waals surface area contributed by atoms with E-state index in [0.717, 1.165) is 0 Å². The van der Waals surface area contributed by atoms with E-state index in [2.05, 4.69) is 20.8 Å². The third-order valence-electron chi connectivity index (χ3n) is 2.35. The average molecular weight is 309 g/mol. The van der Waals surface area contributed by atoms with Gasteiger partial charge >= 0.3 is 0 Å². The molecule has 1 amide bonds. The molecule has 1 aromatic carbocycles. The number of aromatic nitrogens is 2. The van der Waals surface area contributed by atoms with E-state index in [9.17, 15) is 4.79 Å². The average Bonchev–Trinajstić information content (AvgIpc) is 2.52. The molecule has 0 saturated heterocycles. The lowest BCUT2D eigenvalue weighted by atomic mass is 10.3. The number of nitrogens with zero attached hydrogens (tertiary/aromatic N) is 2. The summed E-state index contributed by atoms with van der Waals surface area (Å²) in [6.07, 6.45) is 1.50. The number of rotatable bonds is 6. The Bertz CT molecular complexity index is 624. The maximum Gasteiger partial charge on any atom is 0.276 e. The van der Waals surface area contributed by atoms with Crippen LogP contribution in [0.15, 0.2) is 36.5 Å². The number of halogens is 1. The SMILES string of the molecule is COc1ccnc(NNC(=O)COc2ccccc2Cl)n1. The maximum atomic E-state index is 11.6. The number of anilines is 1. The van der Waals surface area contributed by atoms with E-state index < -0.39 is 5.91 Å². The fraction of sp³-hybridized carbons (Fsp3) is 0.154. The predicted octanol–water partition coefficient (Wildman–Crippen LogP) is 1.66. The highest BCUT2D eigenvalue weighted by atomic mass is 35.5. The molecule has 0 aliphatic carbocycles. The highest BCUT2D eigenvalue weighted by molar-refractivity contribution is 6.32. The third-order valence-corrected chi connectivity index (χ3v) is 2.66. The van der Waals surface area contributed by atoms with Crippen molar-refractivity contribution in [2.24, 2.45) is 0 Å². The van der Waals surface area contributed by atoms with Gasteiger partial charge in [-0.05, 0) is 12.1 Å². The molecule has 1 heterocycles. The molecule has 1 aromatic heterocycles. The van der Waals surface area contributed by atoms with Crippen molar-refractivity contribution in [1.29, 1.82) is 0 Å². The van der Waals surface area contributed by atoms with Gasteiger partial charge in [0.1, 0.15) is 5.75 Å². The Morgan fingerprint density at radius 1 is 1.33 bits per heavy atom. The third kappa shape index (κ3) is 4.50. The molecule has 0 saturated carbocycles. The van der Waals surface area contributed by atoms with E-state index in [4.69, 9.17) is 21.1 Å². The van der Waals surface area contributed by atoms with E-state index in [-0.39, 0.29) is 12.6 Å². The van der Waals surface area contributed by atoms with Crippen LogP contribution < -0.4 is 20.3 Å². The Balaban J connectivity index is 1.81. The fourth-order valence-corrected chi connectivity index (χ4v) is 1.57. The molecule has 2 N–H and O–H groups in total. The first-order valence-corrected chi connectivity index (χ1v) is 6.36. The van der Waals surface area contributed by atoms with Gasteiger partial charge in [0.2, 0.25) is 11.8 Å². The number of hydrazine groups is 1. The summed E-state index contributed by atoms with van der Waals surface area (Å²) < 4.78 is 10.2. The molecule has 2 aromatic rings. The second-order valence-corrected chi connectivity index (χ2v) is 4.22. The zero-order chi connectivity index (χ0) is 15.1. The van der Waals surface area contributed by atoms with Crippen LogP contribution in [0.3, 0.4) is 0 Å². The highest BCUT2D eigenvalue weighted by Crippen LogP contribution is 2.22. The number of hydrogen-bond donors (Lipinski definition) is 2. The minimum absolute atomic E-state index is 0.194. The van der Waals surface area contributed by atoms with Crippen LogP contribution in [0.5, 0.6) is 11.6 Å². The molecule has 110 valence electrons. The first kappa shape index (κ1) is 14.9. The van der Waals surface area contributed by atoms with Crippen molar-refractivity contribution in [3.05, 3.63) is 41.6 Å². The van der Waals surface area contributed by atoms with Crippen molar-refractivity contribution >= 4 is 23.5 Å². The monoisotopic (exact) mass is 308 g/mol. The van der Waals surface area contributed by atoms with Crippen molar-refractivity contribution in [2.45, 2.75) is 0 Å². The number of methoxy groups -OCH3 is 1. The molecular weight excluding hydrogens is 296 g/mol. The lowest BCUT2D eigenvalue weighted by Crippen LogP contribution is -2.34. The maximum absolute atomic E-state index is 11.6.